The fraction of sp³-hybridized carbons (Fsp3) is 0.143. The Morgan fingerprint density at radius 1 is 1.00 bits per heavy atom. The van der Waals surface area contributed by atoms with Crippen LogP contribution < -0.4 is 31.2 Å². The van der Waals surface area contributed by atoms with Gasteiger partial charge < -0.3 is 26.3 Å². The Morgan fingerprint density at radius 3 is 2.35 bits per heavy atom. The second kappa shape index (κ2) is 12.3. The number of methoxy groups -OCH3 is 2. The van der Waals surface area contributed by atoms with Gasteiger partial charge in [0.15, 0.2) is 17.2 Å². The van der Waals surface area contributed by atoms with Gasteiger partial charge in [-0.2, -0.15) is 4.37 Å². The van der Waals surface area contributed by atoms with Crippen LogP contribution in [0.15, 0.2) is 72.8 Å². The number of rotatable bonds is 10. The van der Waals surface area contributed by atoms with E-state index in [4.69, 9.17) is 20.9 Å². The highest BCUT2D eigenvalue weighted by Gasteiger charge is 2.36. The molecule has 0 saturated carbocycles. The highest BCUT2D eigenvalue weighted by molar-refractivity contribution is 7.09. The van der Waals surface area contributed by atoms with Gasteiger partial charge in [-0.05, 0) is 53.0 Å². The van der Waals surface area contributed by atoms with E-state index in [1.165, 1.54) is 32.4 Å². The topological polar surface area (TPSA) is 150 Å². The average molecular weight is 564 g/mol. The lowest BCUT2D eigenvalue weighted by atomic mass is 10.0. The van der Waals surface area contributed by atoms with E-state index in [9.17, 15) is 18.8 Å². The van der Waals surface area contributed by atoms with Gasteiger partial charge in [0.2, 0.25) is 5.91 Å². The summed E-state index contributed by atoms with van der Waals surface area (Å²) in [6.45, 7) is 0.156. The van der Waals surface area contributed by atoms with Crippen molar-refractivity contribution < 1.29 is 28.2 Å². The summed E-state index contributed by atoms with van der Waals surface area (Å²) in [5.41, 5.74) is 12.1. The third-order valence-corrected chi connectivity index (χ3v) is 6.85. The number of primary amides is 1. The molecule has 5 N–H and O–H groups in total. The number of halogens is 1. The molecule has 0 aliphatic carbocycles. The Bertz CT molecular complexity index is 1550. The SMILES string of the molecule is COc1ccc([C@@H](C(=O)NCc2ccccc2)N(C(=O)c2snc(C(N)=O)c2N)c2cccc(F)c2)cc1OC. The highest BCUT2D eigenvalue weighted by atomic mass is 32.1. The zero-order chi connectivity index (χ0) is 28.8. The molecular formula is C28H26FN5O5S. The molecule has 12 heteroatoms. The number of nitrogens with one attached hydrogen (secondary N) is 1. The van der Waals surface area contributed by atoms with E-state index in [1.807, 2.05) is 30.3 Å². The molecule has 10 nitrogen and oxygen atoms in total. The monoisotopic (exact) mass is 563 g/mol. The van der Waals surface area contributed by atoms with Crippen LogP contribution in [-0.4, -0.2) is 36.3 Å². The minimum Gasteiger partial charge on any atom is -0.493 e. The zero-order valence-corrected chi connectivity index (χ0v) is 22.4. The number of hydrogen-bond acceptors (Lipinski definition) is 8. The third kappa shape index (κ3) is 5.86. The van der Waals surface area contributed by atoms with Crippen molar-refractivity contribution in [3.05, 3.63) is 100 Å². The predicted molar refractivity (Wildman–Crippen MR) is 149 cm³/mol. The van der Waals surface area contributed by atoms with Crippen LogP contribution in [0.5, 0.6) is 11.5 Å². The first-order valence-electron chi connectivity index (χ1n) is 11.9. The molecule has 0 unspecified atom stereocenters. The molecule has 4 aromatic rings. The summed E-state index contributed by atoms with van der Waals surface area (Å²) in [7, 11) is 2.90. The molecule has 0 spiro atoms. The molecule has 1 atom stereocenters. The van der Waals surface area contributed by atoms with Crippen molar-refractivity contribution in [2.45, 2.75) is 12.6 Å². The van der Waals surface area contributed by atoms with Crippen molar-refractivity contribution in [1.29, 1.82) is 0 Å². The molecule has 3 amide bonds. The molecule has 1 aromatic heterocycles. The Labute approximate surface area is 233 Å². The molecule has 1 heterocycles. The molecule has 0 fully saturated rings. The van der Waals surface area contributed by atoms with E-state index in [0.717, 1.165) is 16.5 Å². The fourth-order valence-corrected chi connectivity index (χ4v) is 4.81. The maximum atomic E-state index is 14.5. The lowest BCUT2D eigenvalue weighted by Crippen LogP contribution is -2.44. The molecule has 0 bridgehead atoms. The van der Waals surface area contributed by atoms with Crippen molar-refractivity contribution in [3.63, 3.8) is 0 Å². The van der Waals surface area contributed by atoms with Crippen LogP contribution in [0.4, 0.5) is 15.8 Å². The molecule has 0 saturated heterocycles. The van der Waals surface area contributed by atoms with Crippen LogP contribution in [0.2, 0.25) is 0 Å². The third-order valence-electron chi connectivity index (χ3n) is 6.00. The lowest BCUT2D eigenvalue weighted by Gasteiger charge is -2.31. The smallest absolute Gasteiger partial charge is 0.273 e. The summed E-state index contributed by atoms with van der Waals surface area (Å²) >= 11 is 0.651. The standard InChI is InChI=1S/C28H26FN5O5S/c1-38-20-12-11-17(13-21(20)39-2)24(27(36)32-15-16-7-4-3-5-8-16)34(19-10-6-9-18(29)14-19)28(37)25-22(30)23(26(31)35)33-40-25/h3-14,24H,15,30H2,1-2H3,(H2,31,35)(H,32,36)/t24-/m0/s1. The molecule has 0 radical (unpaired) electrons. The number of aromatic nitrogens is 1. The van der Waals surface area contributed by atoms with E-state index in [2.05, 4.69) is 9.69 Å². The van der Waals surface area contributed by atoms with E-state index in [-0.39, 0.29) is 28.5 Å². The predicted octanol–water partition coefficient (Wildman–Crippen LogP) is 3.69. The van der Waals surface area contributed by atoms with E-state index < -0.39 is 29.6 Å². The van der Waals surface area contributed by atoms with Gasteiger partial charge in [0.1, 0.15) is 16.7 Å². The normalized spacial score (nSPS) is 11.4. The molecule has 40 heavy (non-hydrogen) atoms. The molecule has 4 rings (SSSR count). The number of amides is 3. The number of hydrogen-bond donors (Lipinski definition) is 3. The Hall–Kier alpha value is -4.97. The van der Waals surface area contributed by atoms with Crippen LogP contribution in [0.3, 0.4) is 0 Å². The molecular weight excluding hydrogens is 537 g/mol. The first-order chi connectivity index (χ1) is 19.2. The number of carbonyl (C=O) groups is 3. The van der Waals surface area contributed by atoms with Crippen molar-refractivity contribution in [2.75, 3.05) is 24.9 Å². The van der Waals surface area contributed by atoms with Gasteiger partial charge in [-0.25, -0.2) is 4.39 Å². The van der Waals surface area contributed by atoms with Crippen LogP contribution in [-0.2, 0) is 11.3 Å². The summed E-state index contributed by atoms with van der Waals surface area (Å²) in [4.78, 5) is 40.7. The number of anilines is 2. The Balaban J connectivity index is 1.88. The van der Waals surface area contributed by atoms with Gasteiger partial charge >= 0.3 is 0 Å². The molecule has 206 valence electrons. The number of nitrogens with two attached hydrogens (primary N) is 2. The highest BCUT2D eigenvalue weighted by Crippen LogP contribution is 2.37. The van der Waals surface area contributed by atoms with Gasteiger partial charge in [-0.15, -0.1) is 0 Å². The summed E-state index contributed by atoms with van der Waals surface area (Å²) in [5.74, 6) is -2.21. The largest absolute Gasteiger partial charge is 0.493 e. The van der Waals surface area contributed by atoms with Gasteiger partial charge in [0, 0.05) is 12.2 Å². The van der Waals surface area contributed by atoms with Crippen molar-refractivity contribution in [3.8, 4) is 11.5 Å². The number of benzene rings is 3. The van der Waals surface area contributed by atoms with Gasteiger partial charge in [-0.3, -0.25) is 19.3 Å². The second-order valence-corrected chi connectivity index (χ2v) is 9.29. The Morgan fingerprint density at radius 2 is 1.73 bits per heavy atom. The number of nitrogen functional groups attached to an aromatic ring is 1. The summed E-state index contributed by atoms with van der Waals surface area (Å²) < 4.78 is 29.1. The maximum absolute atomic E-state index is 14.5. The average Bonchev–Trinajstić information content (AvgIpc) is 3.35. The van der Waals surface area contributed by atoms with Crippen molar-refractivity contribution in [2.24, 2.45) is 5.73 Å². The molecule has 3 aromatic carbocycles. The Kier molecular flexibility index (Phi) is 8.60. The quantitative estimate of drug-likeness (QED) is 0.266. The van der Waals surface area contributed by atoms with E-state index >= 15 is 0 Å². The van der Waals surface area contributed by atoms with Crippen molar-refractivity contribution in [1.82, 2.24) is 9.69 Å². The molecule has 0 aliphatic rings. The number of nitrogens with zero attached hydrogens (tertiary/aromatic N) is 2. The van der Waals surface area contributed by atoms with Crippen LogP contribution in [0, 0.1) is 5.82 Å². The van der Waals surface area contributed by atoms with E-state index in [0.29, 0.717) is 28.6 Å². The lowest BCUT2D eigenvalue weighted by molar-refractivity contribution is -0.122. The van der Waals surface area contributed by atoms with Crippen molar-refractivity contribution >= 4 is 40.6 Å². The van der Waals surface area contributed by atoms with Crippen LogP contribution in [0.1, 0.15) is 37.3 Å². The summed E-state index contributed by atoms with van der Waals surface area (Å²) in [6, 6.07) is 17.8. The maximum Gasteiger partial charge on any atom is 0.273 e. The van der Waals surface area contributed by atoms with Gasteiger partial charge in [0.25, 0.3) is 11.8 Å². The summed E-state index contributed by atoms with van der Waals surface area (Å²) in [5, 5.41) is 2.86. The first kappa shape index (κ1) is 28.0. The van der Waals surface area contributed by atoms with Gasteiger partial charge in [0.05, 0.1) is 19.9 Å². The van der Waals surface area contributed by atoms with E-state index in [1.54, 1.807) is 18.2 Å². The number of carbonyl (C=O) groups excluding carboxylic acids is 3. The van der Waals surface area contributed by atoms with Crippen LogP contribution in [0.25, 0.3) is 0 Å². The second-order valence-electron chi connectivity index (χ2n) is 8.51. The zero-order valence-electron chi connectivity index (χ0n) is 21.6. The van der Waals surface area contributed by atoms with Gasteiger partial charge in [-0.1, -0.05) is 42.5 Å². The molecule has 0 aliphatic heterocycles. The minimum atomic E-state index is -1.34. The number of ether oxygens (including phenoxy) is 2. The summed E-state index contributed by atoms with van der Waals surface area (Å²) in [6.07, 6.45) is 0. The van der Waals surface area contributed by atoms with Crippen LogP contribution >= 0.6 is 11.5 Å². The minimum absolute atomic E-state index is 0.0630. The first-order valence-corrected chi connectivity index (χ1v) is 12.7. The fourth-order valence-electron chi connectivity index (χ4n) is 4.07.